The zero-order valence-electron chi connectivity index (χ0n) is 11.9. The van der Waals surface area contributed by atoms with Crippen LogP contribution in [-0.2, 0) is 0 Å². The number of carbonyl (C=O) groups is 1. The van der Waals surface area contributed by atoms with Crippen molar-refractivity contribution in [1.29, 1.82) is 0 Å². The van der Waals surface area contributed by atoms with Gasteiger partial charge in [0.1, 0.15) is 10.7 Å². The van der Waals surface area contributed by atoms with E-state index < -0.39 is 0 Å². The zero-order chi connectivity index (χ0) is 15.7. The maximum Gasteiger partial charge on any atom is 0.273 e. The molecule has 7 heteroatoms. The average Bonchev–Trinajstić information content (AvgIpc) is 3.24. The normalized spacial score (nSPS) is 12.3. The van der Waals surface area contributed by atoms with Gasteiger partial charge in [-0.3, -0.25) is 4.79 Å². The van der Waals surface area contributed by atoms with Gasteiger partial charge < -0.3 is 4.90 Å². The summed E-state index contributed by atoms with van der Waals surface area (Å²) in [6, 6.07) is 6.13. The first-order valence-electron chi connectivity index (χ1n) is 6.56. The number of hydrogen-bond acceptors (Lipinski definition) is 5. The van der Waals surface area contributed by atoms with Crippen molar-refractivity contribution in [3.8, 4) is 9.88 Å². The molecule has 0 bridgehead atoms. The van der Waals surface area contributed by atoms with Crippen LogP contribution in [-0.4, -0.2) is 22.8 Å². The molecule has 3 nitrogen and oxygen atoms in total. The molecular formula is C15H13BrN2OS3. The Hall–Kier alpha value is -1.02. The van der Waals surface area contributed by atoms with Crippen molar-refractivity contribution in [2.45, 2.75) is 13.0 Å². The largest absolute Gasteiger partial charge is 0.333 e. The molecule has 0 saturated heterocycles. The third-order valence-electron chi connectivity index (χ3n) is 3.36. The van der Waals surface area contributed by atoms with Crippen molar-refractivity contribution in [2.75, 3.05) is 7.05 Å². The van der Waals surface area contributed by atoms with Gasteiger partial charge in [-0.1, -0.05) is 6.07 Å². The fourth-order valence-corrected chi connectivity index (χ4v) is 5.11. The highest BCUT2D eigenvalue weighted by molar-refractivity contribution is 9.10. The standard InChI is InChI=1S/C15H13BrN2OS3/c1-9(12-4-3-5-20-12)18(2)15(19)11-8-22-14(17-11)13-6-10(16)7-21-13/h3-9H,1-2H3. The third kappa shape index (κ3) is 3.17. The van der Waals surface area contributed by atoms with Crippen LogP contribution in [0.15, 0.2) is 38.8 Å². The second kappa shape index (κ2) is 6.62. The maximum atomic E-state index is 12.6. The summed E-state index contributed by atoms with van der Waals surface area (Å²) >= 11 is 8.23. The minimum atomic E-state index is -0.0426. The first kappa shape index (κ1) is 15.9. The van der Waals surface area contributed by atoms with Gasteiger partial charge in [0.2, 0.25) is 0 Å². The summed E-state index contributed by atoms with van der Waals surface area (Å²) in [5.74, 6) is -0.0426. The Bertz CT molecular complexity index is 778. The van der Waals surface area contributed by atoms with E-state index in [2.05, 4.69) is 27.0 Å². The van der Waals surface area contributed by atoms with E-state index in [1.54, 1.807) is 27.6 Å². The molecule has 0 N–H and O–H groups in total. The molecule has 0 aliphatic carbocycles. The Morgan fingerprint density at radius 1 is 1.32 bits per heavy atom. The molecule has 3 aromatic heterocycles. The lowest BCUT2D eigenvalue weighted by molar-refractivity contribution is 0.0740. The zero-order valence-corrected chi connectivity index (χ0v) is 16.0. The number of hydrogen-bond donors (Lipinski definition) is 0. The highest BCUT2D eigenvalue weighted by atomic mass is 79.9. The van der Waals surface area contributed by atoms with Crippen LogP contribution in [0.1, 0.15) is 28.3 Å². The number of carbonyl (C=O) groups excluding carboxylic acids is 1. The fourth-order valence-electron chi connectivity index (χ4n) is 1.99. The predicted octanol–water partition coefficient (Wildman–Crippen LogP) is 5.53. The van der Waals surface area contributed by atoms with Gasteiger partial charge in [-0.25, -0.2) is 4.98 Å². The van der Waals surface area contributed by atoms with Gasteiger partial charge in [-0.05, 0) is 40.4 Å². The van der Waals surface area contributed by atoms with Crippen molar-refractivity contribution >= 4 is 55.8 Å². The molecule has 0 aliphatic rings. The van der Waals surface area contributed by atoms with Crippen molar-refractivity contribution in [2.24, 2.45) is 0 Å². The number of amides is 1. The minimum absolute atomic E-state index is 0.0426. The number of rotatable bonds is 4. The maximum absolute atomic E-state index is 12.6. The Labute approximate surface area is 149 Å². The van der Waals surface area contributed by atoms with Crippen LogP contribution in [0, 0.1) is 0 Å². The number of thiophene rings is 2. The van der Waals surface area contributed by atoms with Crippen LogP contribution in [0.2, 0.25) is 0 Å². The van der Waals surface area contributed by atoms with Crippen molar-refractivity contribution in [3.05, 3.63) is 49.4 Å². The molecule has 3 aromatic rings. The second-order valence-electron chi connectivity index (χ2n) is 4.77. The van der Waals surface area contributed by atoms with E-state index >= 15 is 0 Å². The van der Waals surface area contributed by atoms with E-state index in [0.717, 1.165) is 14.4 Å². The van der Waals surface area contributed by atoms with Gasteiger partial charge in [0.05, 0.1) is 10.9 Å². The molecule has 1 amide bonds. The van der Waals surface area contributed by atoms with Crippen molar-refractivity contribution in [1.82, 2.24) is 9.88 Å². The van der Waals surface area contributed by atoms with Gasteiger partial charge in [0.15, 0.2) is 0 Å². The molecule has 0 saturated carbocycles. The van der Waals surface area contributed by atoms with Crippen LogP contribution >= 0.6 is 49.9 Å². The van der Waals surface area contributed by atoms with Crippen LogP contribution in [0.4, 0.5) is 0 Å². The molecule has 0 radical (unpaired) electrons. The summed E-state index contributed by atoms with van der Waals surface area (Å²) in [6.07, 6.45) is 0. The number of aromatic nitrogens is 1. The molecule has 1 atom stereocenters. The lowest BCUT2D eigenvalue weighted by Gasteiger charge is -2.23. The third-order valence-corrected chi connectivity index (χ3v) is 7.10. The number of nitrogens with zero attached hydrogens (tertiary/aromatic N) is 2. The molecule has 0 fully saturated rings. The Morgan fingerprint density at radius 3 is 2.77 bits per heavy atom. The Balaban J connectivity index is 1.79. The highest BCUT2D eigenvalue weighted by Gasteiger charge is 2.22. The van der Waals surface area contributed by atoms with E-state index in [9.17, 15) is 4.79 Å². The molecule has 0 spiro atoms. The molecule has 0 aliphatic heterocycles. The predicted molar refractivity (Wildman–Crippen MR) is 98.0 cm³/mol. The summed E-state index contributed by atoms with van der Waals surface area (Å²) in [6.45, 7) is 2.04. The quantitative estimate of drug-likeness (QED) is 0.564. The van der Waals surface area contributed by atoms with E-state index in [4.69, 9.17) is 0 Å². The van der Waals surface area contributed by atoms with Gasteiger partial charge in [0.25, 0.3) is 5.91 Å². The van der Waals surface area contributed by atoms with Gasteiger partial charge in [-0.2, -0.15) is 0 Å². The van der Waals surface area contributed by atoms with Gasteiger partial charge >= 0.3 is 0 Å². The summed E-state index contributed by atoms with van der Waals surface area (Å²) in [7, 11) is 1.83. The number of thiazole rings is 1. The van der Waals surface area contributed by atoms with Gasteiger partial charge in [-0.15, -0.1) is 34.0 Å². The fraction of sp³-hybridized carbons (Fsp3) is 0.200. The van der Waals surface area contributed by atoms with E-state index in [0.29, 0.717) is 5.69 Å². The SMILES string of the molecule is CC(c1cccs1)N(C)C(=O)c1csc(-c2cc(Br)cs2)n1. The lowest BCUT2D eigenvalue weighted by atomic mass is 10.2. The summed E-state index contributed by atoms with van der Waals surface area (Å²) in [5, 5.41) is 6.77. The first-order chi connectivity index (χ1) is 10.6. The minimum Gasteiger partial charge on any atom is -0.333 e. The lowest BCUT2D eigenvalue weighted by Crippen LogP contribution is -2.29. The monoisotopic (exact) mass is 412 g/mol. The van der Waals surface area contributed by atoms with E-state index in [-0.39, 0.29) is 11.9 Å². The van der Waals surface area contributed by atoms with Crippen LogP contribution < -0.4 is 0 Å². The van der Waals surface area contributed by atoms with E-state index in [1.165, 1.54) is 16.2 Å². The molecule has 0 aromatic carbocycles. The second-order valence-corrected chi connectivity index (χ2v) is 8.44. The molecule has 1 unspecified atom stereocenters. The summed E-state index contributed by atoms with van der Waals surface area (Å²) < 4.78 is 1.04. The summed E-state index contributed by atoms with van der Waals surface area (Å²) in [4.78, 5) is 21.1. The Kier molecular flexibility index (Phi) is 4.77. The topological polar surface area (TPSA) is 33.2 Å². The van der Waals surface area contributed by atoms with Crippen LogP contribution in [0.25, 0.3) is 9.88 Å². The molecular weight excluding hydrogens is 400 g/mol. The smallest absolute Gasteiger partial charge is 0.273 e. The first-order valence-corrected chi connectivity index (χ1v) is 10.00. The average molecular weight is 413 g/mol. The van der Waals surface area contributed by atoms with Gasteiger partial charge in [0, 0.05) is 27.2 Å². The molecule has 22 heavy (non-hydrogen) atoms. The Morgan fingerprint density at radius 2 is 2.14 bits per heavy atom. The highest BCUT2D eigenvalue weighted by Crippen LogP contribution is 2.32. The van der Waals surface area contributed by atoms with Crippen LogP contribution in [0.3, 0.4) is 0 Å². The summed E-state index contributed by atoms with van der Waals surface area (Å²) in [5.41, 5.74) is 0.510. The molecule has 3 heterocycles. The van der Waals surface area contributed by atoms with Crippen molar-refractivity contribution in [3.63, 3.8) is 0 Å². The van der Waals surface area contributed by atoms with Crippen molar-refractivity contribution < 1.29 is 4.79 Å². The van der Waals surface area contributed by atoms with Crippen LogP contribution in [0.5, 0.6) is 0 Å². The van der Waals surface area contributed by atoms with E-state index in [1.807, 2.05) is 42.2 Å². The molecule has 3 rings (SSSR count). The molecule has 114 valence electrons. The number of halogens is 1.